The lowest BCUT2D eigenvalue weighted by atomic mass is 9.95. The first-order valence-corrected chi connectivity index (χ1v) is 16.6. The van der Waals surface area contributed by atoms with Gasteiger partial charge in [-0.3, -0.25) is 13.9 Å². The van der Waals surface area contributed by atoms with Crippen LogP contribution in [0.15, 0.2) is 83.8 Å². The van der Waals surface area contributed by atoms with E-state index in [4.69, 9.17) is 4.74 Å². The van der Waals surface area contributed by atoms with Crippen LogP contribution in [-0.4, -0.2) is 50.4 Å². The predicted octanol–water partition coefficient (Wildman–Crippen LogP) is 5.85. The minimum atomic E-state index is -4.14. The average molecular weight is 606 g/mol. The van der Waals surface area contributed by atoms with Crippen LogP contribution in [0.25, 0.3) is 0 Å². The second-order valence-corrected chi connectivity index (χ2v) is 12.9. The number of anilines is 1. The molecular weight excluding hydrogens is 562 g/mol. The zero-order valence-electron chi connectivity index (χ0n) is 25.4. The van der Waals surface area contributed by atoms with Gasteiger partial charge < -0.3 is 15.0 Å². The summed E-state index contributed by atoms with van der Waals surface area (Å²) >= 11 is 0. The lowest BCUT2D eigenvalue weighted by Gasteiger charge is -2.34. The number of nitrogens with one attached hydrogen (secondary N) is 1. The number of para-hydroxylation sites is 1. The lowest BCUT2D eigenvalue weighted by molar-refractivity contribution is -0.140. The van der Waals surface area contributed by atoms with E-state index in [2.05, 4.69) is 5.32 Å². The fraction of sp³-hybridized carbons (Fsp3) is 0.412. The predicted molar refractivity (Wildman–Crippen MR) is 169 cm³/mol. The van der Waals surface area contributed by atoms with Crippen molar-refractivity contribution in [1.29, 1.82) is 0 Å². The van der Waals surface area contributed by atoms with E-state index in [-0.39, 0.29) is 23.4 Å². The van der Waals surface area contributed by atoms with Gasteiger partial charge in [-0.1, -0.05) is 74.2 Å². The molecule has 3 aromatic carbocycles. The van der Waals surface area contributed by atoms with Crippen molar-refractivity contribution in [3.05, 3.63) is 90.0 Å². The Balaban J connectivity index is 1.67. The molecule has 0 spiro atoms. The number of hydrogen-bond donors (Lipinski definition) is 1. The van der Waals surface area contributed by atoms with Gasteiger partial charge in [0.1, 0.15) is 18.3 Å². The Morgan fingerprint density at radius 2 is 1.56 bits per heavy atom. The maximum Gasteiger partial charge on any atom is 0.264 e. The number of carbonyl (C=O) groups excluding carboxylic acids is 2. The lowest BCUT2D eigenvalue weighted by Crippen LogP contribution is -2.54. The van der Waals surface area contributed by atoms with E-state index in [0.29, 0.717) is 24.5 Å². The molecule has 4 rings (SSSR count). The number of benzene rings is 3. The van der Waals surface area contributed by atoms with Gasteiger partial charge in [0, 0.05) is 12.6 Å². The topological polar surface area (TPSA) is 96.0 Å². The summed E-state index contributed by atoms with van der Waals surface area (Å²) in [6.45, 7) is 5.91. The number of sulfonamides is 1. The number of amides is 2. The summed E-state index contributed by atoms with van der Waals surface area (Å²) < 4.78 is 34.7. The van der Waals surface area contributed by atoms with E-state index < -0.39 is 28.5 Å². The summed E-state index contributed by atoms with van der Waals surface area (Å²) in [5.74, 6) is -0.0945. The smallest absolute Gasteiger partial charge is 0.264 e. The Morgan fingerprint density at radius 1 is 0.907 bits per heavy atom. The standard InChI is InChI=1S/C34H43N3O5S/c1-4-32(34(39)35-28-12-8-6-9-13-28)36(24-27-18-16-26(3)17-19-27)33(38)25-37(29-14-10-7-11-15-29)43(40,41)31-22-20-30(21-23-31)42-5-2/h7,10-11,14-23,28,32H,4-6,8-9,12-13,24-25H2,1-3H3,(H,35,39)/t32-/m0/s1. The van der Waals surface area contributed by atoms with Crippen LogP contribution < -0.4 is 14.4 Å². The Kier molecular flexibility index (Phi) is 11.2. The average Bonchev–Trinajstić information content (AvgIpc) is 3.02. The fourth-order valence-electron chi connectivity index (χ4n) is 5.48. The van der Waals surface area contributed by atoms with Gasteiger partial charge >= 0.3 is 0 Å². The molecule has 9 heteroatoms. The van der Waals surface area contributed by atoms with Crippen molar-refractivity contribution in [2.45, 2.75) is 82.8 Å². The molecule has 8 nitrogen and oxygen atoms in total. The normalized spacial score (nSPS) is 14.5. The number of carbonyl (C=O) groups is 2. The van der Waals surface area contributed by atoms with Gasteiger partial charge in [0.15, 0.2) is 0 Å². The third-order valence-corrected chi connectivity index (χ3v) is 9.64. The van der Waals surface area contributed by atoms with Crippen molar-refractivity contribution in [2.24, 2.45) is 0 Å². The van der Waals surface area contributed by atoms with Crippen LogP contribution in [-0.2, 0) is 26.2 Å². The van der Waals surface area contributed by atoms with Crippen molar-refractivity contribution in [2.75, 3.05) is 17.5 Å². The molecule has 0 aromatic heterocycles. The number of ether oxygens (including phenoxy) is 1. The number of rotatable bonds is 13. The van der Waals surface area contributed by atoms with Gasteiger partial charge in [-0.15, -0.1) is 0 Å². The molecule has 0 aliphatic heterocycles. The van der Waals surface area contributed by atoms with Gasteiger partial charge in [0.2, 0.25) is 11.8 Å². The second-order valence-electron chi connectivity index (χ2n) is 11.0. The molecule has 3 aromatic rings. The Labute approximate surface area is 256 Å². The highest BCUT2D eigenvalue weighted by molar-refractivity contribution is 7.92. The van der Waals surface area contributed by atoms with Crippen molar-refractivity contribution in [1.82, 2.24) is 10.2 Å². The summed E-state index contributed by atoms with van der Waals surface area (Å²) in [4.78, 5) is 29.5. The molecule has 0 radical (unpaired) electrons. The van der Waals surface area contributed by atoms with E-state index in [1.165, 1.54) is 23.5 Å². The molecule has 1 fully saturated rings. The van der Waals surface area contributed by atoms with Crippen LogP contribution in [0.3, 0.4) is 0 Å². The summed E-state index contributed by atoms with van der Waals surface area (Å²) in [6, 6.07) is 21.9. The molecule has 0 unspecified atom stereocenters. The van der Waals surface area contributed by atoms with Crippen molar-refractivity contribution in [3.63, 3.8) is 0 Å². The number of aryl methyl sites for hydroxylation is 1. The summed E-state index contributed by atoms with van der Waals surface area (Å²) in [7, 11) is -4.14. The van der Waals surface area contributed by atoms with Crippen LogP contribution >= 0.6 is 0 Å². The van der Waals surface area contributed by atoms with Crippen molar-refractivity contribution in [3.8, 4) is 5.75 Å². The highest BCUT2D eigenvalue weighted by Gasteiger charge is 2.34. The van der Waals surface area contributed by atoms with Crippen LogP contribution in [0.5, 0.6) is 5.75 Å². The van der Waals surface area contributed by atoms with Crippen LogP contribution in [0.1, 0.15) is 63.5 Å². The summed E-state index contributed by atoms with van der Waals surface area (Å²) in [5, 5.41) is 3.18. The molecule has 230 valence electrons. The zero-order valence-corrected chi connectivity index (χ0v) is 26.2. The molecule has 0 saturated heterocycles. The quantitative estimate of drug-likeness (QED) is 0.264. The number of nitrogens with zero attached hydrogens (tertiary/aromatic N) is 2. The van der Waals surface area contributed by atoms with Gasteiger partial charge in [0.05, 0.1) is 17.2 Å². The largest absolute Gasteiger partial charge is 0.494 e. The third kappa shape index (κ3) is 8.38. The van der Waals surface area contributed by atoms with E-state index in [9.17, 15) is 18.0 Å². The maximum absolute atomic E-state index is 14.2. The highest BCUT2D eigenvalue weighted by Crippen LogP contribution is 2.26. The summed E-state index contributed by atoms with van der Waals surface area (Å²) in [6.07, 6.45) is 5.56. The van der Waals surface area contributed by atoms with Crippen LogP contribution in [0, 0.1) is 6.92 Å². The minimum Gasteiger partial charge on any atom is -0.494 e. The molecule has 1 aliphatic rings. The third-order valence-electron chi connectivity index (χ3n) is 7.86. The SMILES string of the molecule is CCOc1ccc(S(=O)(=O)N(CC(=O)N(Cc2ccc(C)cc2)[C@@H](CC)C(=O)NC2CCCCC2)c2ccccc2)cc1. The zero-order chi connectivity index (χ0) is 30.8. The van der Waals surface area contributed by atoms with Gasteiger partial charge in [-0.2, -0.15) is 0 Å². The van der Waals surface area contributed by atoms with Crippen molar-refractivity contribution >= 4 is 27.5 Å². The maximum atomic E-state index is 14.2. The number of hydrogen-bond acceptors (Lipinski definition) is 5. The molecule has 1 saturated carbocycles. The minimum absolute atomic E-state index is 0.0415. The second kappa shape index (κ2) is 15.0. The van der Waals surface area contributed by atoms with Gasteiger partial charge in [-0.05, 0) is 75.1 Å². The Morgan fingerprint density at radius 3 is 2.16 bits per heavy atom. The van der Waals surface area contributed by atoms with Gasteiger partial charge in [0.25, 0.3) is 10.0 Å². The first kappa shape index (κ1) is 32.1. The van der Waals surface area contributed by atoms with Gasteiger partial charge in [-0.25, -0.2) is 8.42 Å². The van der Waals surface area contributed by atoms with E-state index in [0.717, 1.165) is 41.1 Å². The Hall–Kier alpha value is -3.85. The molecule has 0 heterocycles. The van der Waals surface area contributed by atoms with Crippen LogP contribution in [0.2, 0.25) is 0 Å². The van der Waals surface area contributed by atoms with E-state index >= 15 is 0 Å². The fourth-order valence-corrected chi connectivity index (χ4v) is 6.89. The first-order valence-electron chi connectivity index (χ1n) is 15.2. The van der Waals surface area contributed by atoms with E-state index in [1.54, 1.807) is 42.5 Å². The molecule has 0 bridgehead atoms. The summed E-state index contributed by atoms with van der Waals surface area (Å²) in [5.41, 5.74) is 2.31. The monoisotopic (exact) mass is 605 g/mol. The highest BCUT2D eigenvalue weighted by atomic mass is 32.2. The Bertz CT molecular complexity index is 1440. The van der Waals surface area contributed by atoms with Crippen LogP contribution in [0.4, 0.5) is 5.69 Å². The van der Waals surface area contributed by atoms with E-state index in [1.807, 2.05) is 45.0 Å². The molecule has 1 aliphatic carbocycles. The molecule has 1 atom stereocenters. The van der Waals surface area contributed by atoms with Crippen molar-refractivity contribution < 1.29 is 22.7 Å². The molecule has 43 heavy (non-hydrogen) atoms. The molecule has 2 amide bonds. The first-order chi connectivity index (χ1) is 20.7. The molecule has 1 N–H and O–H groups in total. The molecular formula is C34H43N3O5S.